The molecule has 1 aliphatic rings. The number of hydrogen-bond acceptors (Lipinski definition) is 5. The standard InChI is InChI=1S/C23H29N3O2S/c1-5-26(6-2)13-20-24-22(21-14(3)15(4)29-23(21)25-20)28-19-12-8-9-16-17(19)10-7-11-18(16)27/h8-9,12,18,27H,5-7,10-11,13H2,1-4H3/p+1/t18-/m0/s1. The fourth-order valence-electron chi connectivity index (χ4n) is 4.12. The van der Waals surface area contributed by atoms with E-state index in [9.17, 15) is 5.11 Å². The molecule has 2 heterocycles. The van der Waals surface area contributed by atoms with Gasteiger partial charge in [-0.25, -0.2) is 4.98 Å². The van der Waals surface area contributed by atoms with Gasteiger partial charge in [-0.1, -0.05) is 12.1 Å². The van der Waals surface area contributed by atoms with Gasteiger partial charge < -0.3 is 14.7 Å². The molecule has 0 radical (unpaired) electrons. The Morgan fingerprint density at radius 3 is 2.76 bits per heavy atom. The average molecular weight is 413 g/mol. The second kappa shape index (κ2) is 8.38. The summed E-state index contributed by atoms with van der Waals surface area (Å²) in [5.41, 5.74) is 3.29. The molecule has 6 heteroatoms. The van der Waals surface area contributed by atoms with Crippen LogP contribution in [-0.2, 0) is 13.0 Å². The van der Waals surface area contributed by atoms with Crippen LogP contribution < -0.4 is 9.64 Å². The first-order chi connectivity index (χ1) is 14.0. The van der Waals surface area contributed by atoms with E-state index in [0.717, 1.165) is 71.8 Å². The third-order valence-corrected chi connectivity index (χ3v) is 7.19. The van der Waals surface area contributed by atoms with Crippen molar-refractivity contribution in [2.24, 2.45) is 0 Å². The third kappa shape index (κ3) is 3.89. The maximum absolute atomic E-state index is 10.4. The molecule has 3 aromatic rings. The molecule has 1 aliphatic carbocycles. The number of benzene rings is 1. The van der Waals surface area contributed by atoms with Crippen LogP contribution in [0.5, 0.6) is 11.6 Å². The maximum Gasteiger partial charge on any atom is 0.231 e. The number of nitrogens with one attached hydrogen (secondary N) is 1. The van der Waals surface area contributed by atoms with Gasteiger partial charge in [0.2, 0.25) is 5.88 Å². The van der Waals surface area contributed by atoms with Gasteiger partial charge in [-0.3, -0.25) is 0 Å². The zero-order valence-corrected chi connectivity index (χ0v) is 18.5. The van der Waals surface area contributed by atoms with Crippen molar-refractivity contribution in [1.82, 2.24) is 9.97 Å². The van der Waals surface area contributed by atoms with Crippen molar-refractivity contribution < 1.29 is 14.7 Å². The van der Waals surface area contributed by atoms with Crippen molar-refractivity contribution in [2.75, 3.05) is 13.1 Å². The van der Waals surface area contributed by atoms with E-state index in [1.807, 2.05) is 18.2 Å². The lowest BCUT2D eigenvalue weighted by atomic mass is 9.89. The third-order valence-electron chi connectivity index (χ3n) is 6.09. The Balaban J connectivity index is 1.79. The number of aryl methyl sites for hydroxylation is 2. The monoisotopic (exact) mass is 412 g/mol. The van der Waals surface area contributed by atoms with Gasteiger partial charge in [0.25, 0.3) is 0 Å². The van der Waals surface area contributed by atoms with Crippen molar-refractivity contribution in [3.05, 3.63) is 45.6 Å². The van der Waals surface area contributed by atoms with Crippen molar-refractivity contribution in [2.45, 2.75) is 59.6 Å². The zero-order valence-electron chi connectivity index (χ0n) is 17.7. The predicted molar refractivity (Wildman–Crippen MR) is 117 cm³/mol. The van der Waals surface area contributed by atoms with Crippen LogP contribution in [0.1, 0.15) is 60.2 Å². The second-order valence-electron chi connectivity index (χ2n) is 7.88. The van der Waals surface area contributed by atoms with Crippen LogP contribution in [0.2, 0.25) is 0 Å². The molecule has 0 bridgehead atoms. The largest absolute Gasteiger partial charge is 0.438 e. The van der Waals surface area contributed by atoms with Gasteiger partial charge in [0.15, 0.2) is 5.82 Å². The van der Waals surface area contributed by atoms with Crippen LogP contribution in [-0.4, -0.2) is 28.2 Å². The normalized spacial score (nSPS) is 16.4. The van der Waals surface area contributed by atoms with E-state index >= 15 is 0 Å². The van der Waals surface area contributed by atoms with Gasteiger partial charge in [-0.15, -0.1) is 11.3 Å². The van der Waals surface area contributed by atoms with E-state index in [4.69, 9.17) is 14.7 Å². The van der Waals surface area contributed by atoms with E-state index in [2.05, 4.69) is 27.7 Å². The SMILES string of the molecule is CC[NH+](CC)Cc1nc(Oc2cccc3c2CCC[C@@H]3O)c2c(C)c(C)sc2n1. The van der Waals surface area contributed by atoms with E-state index in [0.29, 0.717) is 5.88 Å². The Bertz CT molecular complexity index is 1030. The molecule has 0 spiro atoms. The summed E-state index contributed by atoms with van der Waals surface area (Å²) in [6, 6.07) is 5.97. The van der Waals surface area contributed by atoms with Crippen molar-refractivity contribution in [1.29, 1.82) is 0 Å². The fourth-order valence-corrected chi connectivity index (χ4v) is 5.16. The van der Waals surface area contributed by atoms with Crippen LogP contribution in [0.4, 0.5) is 0 Å². The number of nitrogens with zero attached hydrogens (tertiary/aromatic N) is 2. The van der Waals surface area contributed by atoms with E-state index < -0.39 is 6.10 Å². The quantitative estimate of drug-likeness (QED) is 0.645. The molecule has 154 valence electrons. The molecule has 0 unspecified atom stereocenters. The van der Waals surface area contributed by atoms with Gasteiger partial charge >= 0.3 is 0 Å². The summed E-state index contributed by atoms with van der Waals surface area (Å²) in [6.07, 6.45) is 2.31. The Labute approximate surface area is 176 Å². The van der Waals surface area contributed by atoms with E-state index in [-0.39, 0.29) is 0 Å². The Morgan fingerprint density at radius 1 is 1.21 bits per heavy atom. The van der Waals surface area contributed by atoms with Crippen molar-refractivity contribution in [3.8, 4) is 11.6 Å². The van der Waals surface area contributed by atoms with Gasteiger partial charge in [0.05, 0.1) is 24.6 Å². The number of aliphatic hydroxyl groups excluding tert-OH is 1. The Kier molecular flexibility index (Phi) is 5.86. The van der Waals surface area contributed by atoms with Crippen LogP contribution in [0.25, 0.3) is 10.2 Å². The number of aromatic nitrogens is 2. The molecule has 0 fully saturated rings. The molecule has 5 nitrogen and oxygen atoms in total. The molecule has 1 aromatic carbocycles. The van der Waals surface area contributed by atoms with Crippen LogP contribution in [0, 0.1) is 13.8 Å². The summed E-state index contributed by atoms with van der Waals surface area (Å²) in [5.74, 6) is 2.29. The highest BCUT2D eigenvalue weighted by Gasteiger charge is 2.23. The highest BCUT2D eigenvalue weighted by molar-refractivity contribution is 7.18. The summed E-state index contributed by atoms with van der Waals surface area (Å²) >= 11 is 1.71. The lowest BCUT2D eigenvalue weighted by molar-refractivity contribution is -0.910. The molecule has 2 N–H and O–H groups in total. The number of fused-ring (bicyclic) bond motifs is 2. The second-order valence-corrected chi connectivity index (χ2v) is 9.08. The summed E-state index contributed by atoms with van der Waals surface area (Å²) in [7, 11) is 0. The average Bonchev–Trinajstić information content (AvgIpc) is 3.00. The summed E-state index contributed by atoms with van der Waals surface area (Å²) in [6.45, 7) is 11.5. The maximum atomic E-state index is 10.4. The minimum Gasteiger partial charge on any atom is -0.438 e. The molecular formula is C23H30N3O2S+. The number of rotatable bonds is 6. The van der Waals surface area contributed by atoms with Crippen molar-refractivity contribution in [3.63, 3.8) is 0 Å². The molecule has 29 heavy (non-hydrogen) atoms. The van der Waals surface area contributed by atoms with Gasteiger partial charge in [-0.05, 0) is 64.2 Å². The zero-order chi connectivity index (χ0) is 20.5. The molecule has 4 rings (SSSR count). The smallest absolute Gasteiger partial charge is 0.231 e. The number of quaternary nitrogens is 1. The number of thiophene rings is 1. The molecule has 0 amide bonds. The minimum absolute atomic E-state index is 0.403. The lowest BCUT2D eigenvalue weighted by Gasteiger charge is -2.23. The van der Waals surface area contributed by atoms with Gasteiger partial charge in [0, 0.05) is 10.4 Å². The first kappa shape index (κ1) is 20.3. The highest BCUT2D eigenvalue weighted by Crippen LogP contribution is 2.40. The number of aliphatic hydroxyl groups is 1. The molecule has 0 saturated heterocycles. The fraction of sp³-hybridized carbons (Fsp3) is 0.478. The highest BCUT2D eigenvalue weighted by atomic mass is 32.1. The molecule has 2 aromatic heterocycles. The van der Waals surface area contributed by atoms with Crippen LogP contribution >= 0.6 is 11.3 Å². The van der Waals surface area contributed by atoms with Gasteiger partial charge in [-0.2, -0.15) is 4.98 Å². The van der Waals surface area contributed by atoms with Gasteiger partial charge in [0.1, 0.15) is 17.1 Å². The first-order valence-corrected chi connectivity index (χ1v) is 11.4. The first-order valence-electron chi connectivity index (χ1n) is 10.6. The summed E-state index contributed by atoms with van der Waals surface area (Å²) in [5, 5.41) is 11.4. The van der Waals surface area contributed by atoms with Crippen molar-refractivity contribution >= 4 is 21.6 Å². The van der Waals surface area contributed by atoms with E-state index in [1.165, 1.54) is 15.3 Å². The summed E-state index contributed by atoms with van der Waals surface area (Å²) in [4.78, 5) is 13.4. The number of ether oxygens (including phenoxy) is 1. The lowest BCUT2D eigenvalue weighted by Crippen LogP contribution is -3.10. The summed E-state index contributed by atoms with van der Waals surface area (Å²) < 4.78 is 6.46. The minimum atomic E-state index is -0.403. The molecule has 0 aliphatic heterocycles. The predicted octanol–water partition coefficient (Wildman–Crippen LogP) is 3.89. The molecule has 0 saturated carbocycles. The molecule has 1 atom stereocenters. The topological polar surface area (TPSA) is 59.7 Å². The Hall–Kier alpha value is -2.02. The Morgan fingerprint density at radius 2 is 2.00 bits per heavy atom. The number of hydrogen-bond donors (Lipinski definition) is 2. The van der Waals surface area contributed by atoms with E-state index in [1.54, 1.807) is 11.3 Å². The van der Waals surface area contributed by atoms with Crippen LogP contribution in [0.3, 0.4) is 0 Å². The molecular weight excluding hydrogens is 382 g/mol. The van der Waals surface area contributed by atoms with Crippen LogP contribution in [0.15, 0.2) is 18.2 Å².